The number of nitrogens with one attached hydrogen (secondary N) is 2. The molecule has 276 valence electrons. The SMILES string of the molecule is COc1cc(F)cc(CN(Cc2cc(C)cc(C[C@H](C(=O)O)[C@H]3CCNC3)c2)Cc2cc(C)cc(C[C@H](C(=O)O)[C@H]3CCNC3)c2)c1.Cl.Cl.Cl. The lowest BCUT2D eigenvalue weighted by Crippen LogP contribution is -2.28. The molecule has 4 N–H and O–H groups in total. The van der Waals surface area contributed by atoms with Gasteiger partial charge in [0.1, 0.15) is 11.6 Å². The lowest BCUT2D eigenvalue weighted by molar-refractivity contribution is -0.144. The fourth-order valence-electron chi connectivity index (χ4n) is 7.55. The zero-order chi connectivity index (χ0) is 33.5. The van der Waals surface area contributed by atoms with E-state index in [4.69, 9.17) is 4.74 Å². The van der Waals surface area contributed by atoms with Crippen LogP contribution in [0.2, 0.25) is 0 Å². The van der Waals surface area contributed by atoms with Crippen LogP contribution in [-0.4, -0.2) is 60.3 Å². The molecule has 5 rings (SSSR count). The molecule has 2 saturated heterocycles. The van der Waals surface area contributed by atoms with E-state index >= 15 is 0 Å². The second-order valence-corrected chi connectivity index (χ2v) is 13.6. The minimum absolute atomic E-state index is 0. The maximum atomic E-state index is 14.6. The molecule has 2 fully saturated rings. The van der Waals surface area contributed by atoms with Crippen molar-refractivity contribution in [1.29, 1.82) is 0 Å². The zero-order valence-electron chi connectivity index (χ0n) is 29.0. The second-order valence-electron chi connectivity index (χ2n) is 13.6. The van der Waals surface area contributed by atoms with Crippen LogP contribution in [0, 0.1) is 43.3 Å². The molecule has 2 aliphatic heterocycles. The standard InChI is InChI=1S/C38H48FN3O5.3ClH/c1-24-8-26(16-35(37(43)44)31-4-6-40-19-31)12-28(10-24)21-42(23-30-14-33(39)18-34(15-30)47-3)22-29-11-25(2)9-27(13-29)17-36(38(45)46)32-5-7-41-20-32;;;/h8-15,18,31-32,35-36,40-41H,4-7,16-17,19-23H2,1-3H3,(H,43,44)(H,45,46);3*1H/t31-,32-,35-,36-;;;/m0.../s1. The summed E-state index contributed by atoms with van der Waals surface area (Å²) in [5, 5.41) is 26.7. The number of hydrogen-bond donors (Lipinski definition) is 4. The number of benzene rings is 3. The van der Waals surface area contributed by atoms with Crippen molar-refractivity contribution in [3.05, 3.63) is 99.4 Å². The van der Waals surface area contributed by atoms with Gasteiger partial charge in [0.05, 0.1) is 18.9 Å². The van der Waals surface area contributed by atoms with Gasteiger partial charge in [-0.15, -0.1) is 37.2 Å². The molecule has 12 heteroatoms. The Morgan fingerprint density at radius 3 is 1.52 bits per heavy atom. The highest BCUT2D eigenvalue weighted by molar-refractivity contribution is 5.86. The fourth-order valence-corrected chi connectivity index (χ4v) is 7.55. The zero-order valence-corrected chi connectivity index (χ0v) is 31.4. The predicted octanol–water partition coefficient (Wildman–Crippen LogP) is 6.62. The molecule has 2 aliphatic rings. The minimum atomic E-state index is -0.756. The number of methoxy groups -OCH3 is 1. The van der Waals surface area contributed by atoms with Gasteiger partial charge in [-0.1, -0.05) is 47.5 Å². The lowest BCUT2D eigenvalue weighted by Gasteiger charge is -2.25. The highest BCUT2D eigenvalue weighted by Crippen LogP contribution is 2.28. The van der Waals surface area contributed by atoms with Crippen LogP contribution in [0.4, 0.5) is 4.39 Å². The summed E-state index contributed by atoms with van der Waals surface area (Å²) in [7, 11) is 1.52. The van der Waals surface area contributed by atoms with Crippen molar-refractivity contribution in [2.24, 2.45) is 23.7 Å². The number of carboxylic acids is 2. The first-order valence-electron chi connectivity index (χ1n) is 16.7. The van der Waals surface area contributed by atoms with Crippen molar-refractivity contribution < 1.29 is 28.9 Å². The normalized spacial score (nSPS) is 18.0. The summed E-state index contributed by atoms with van der Waals surface area (Å²) in [5.74, 6) is -2.10. The van der Waals surface area contributed by atoms with E-state index in [0.29, 0.717) is 38.2 Å². The third kappa shape index (κ3) is 12.1. The van der Waals surface area contributed by atoms with Crippen molar-refractivity contribution >= 4 is 49.2 Å². The Morgan fingerprint density at radius 2 is 1.14 bits per heavy atom. The largest absolute Gasteiger partial charge is 0.497 e. The van der Waals surface area contributed by atoms with E-state index in [0.717, 1.165) is 78.0 Å². The minimum Gasteiger partial charge on any atom is -0.497 e. The van der Waals surface area contributed by atoms with Crippen LogP contribution >= 0.6 is 37.2 Å². The van der Waals surface area contributed by atoms with Gasteiger partial charge in [-0.3, -0.25) is 14.5 Å². The van der Waals surface area contributed by atoms with E-state index in [1.165, 1.54) is 19.2 Å². The second kappa shape index (κ2) is 20.2. The molecular formula is C38H51Cl3FN3O5. The Morgan fingerprint density at radius 1 is 0.720 bits per heavy atom. The Bertz CT molecular complexity index is 1480. The average molecular weight is 755 g/mol. The average Bonchev–Trinajstić information content (AvgIpc) is 3.73. The number of hydrogen-bond acceptors (Lipinski definition) is 6. The highest BCUT2D eigenvalue weighted by Gasteiger charge is 2.32. The lowest BCUT2D eigenvalue weighted by atomic mass is 9.85. The highest BCUT2D eigenvalue weighted by atomic mass is 35.5. The molecule has 0 aromatic heterocycles. The van der Waals surface area contributed by atoms with Crippen molar-refractivity contribution in [2.45, 2.75) is 59.2 Å². The van der Waals surface area contributed by atoms with E-state index in [1.807, 2.05) is 19.9 Å². The smallest absolute Gasteiger partial charge is 0.307 e. The molecule has 0 radical (unpaired) electrons. The molecule has 0 unspecified atom stereocenters. The first kappa shape index (κ1) is 43.2. The number of halogens is 4. The molecule has 4 atom stereocenters. The third-order valence-electron chi connectivity index (χ3n) is 9.66. The predicted molar refractivity (Wildman–Crippen MR) is 202 cm³/mol. The molecule has 8 nitrogen and oxygen atoms in total. The number of rotatable bonds is 15. The third-order valence-corrected chi connectivity index (χ3v) is 9.66. The van der Waals surface area contributed by atoms with Gasteiger partial charge >= 0.3 is 11.9 Å². The fraction of sp³-hybridized carbons (Fsp3) is 0.474. The van der Waals surface area contributed by atoms with Crippen LogP contribution in [0.1, 0.15) is 51.8 Å². The first-order valence-corrected chi connectivity index (χ1v) is 16.7. The van der Waals surface area contributed by atoms with Crippen LogP contribution in [0.15, 0.2) is 54.6 Å². The number of carboxylic acid groups (broad SMARTS) is 2. The van der Waals surface area contributed by atoms with E-state index < -0.39 is 23.8 Å². The van der Waals surface area contributed by atoms with E-state index in [-0.39, 0.29) is 54.9 Å². The Labute approximate surface area is 313 Å². The van der Waals surface area contributed by atoms with Crippen molar-refractivity contribution in [2.75, 3.05) is 33.3 Å². The Hall–Kier alpha value is -2.92. The van der Waals surface area contributed by atoms with Crippen LogP contribution in [0.25, 0.3) is 0 Å². The summed E-state index contributed by atoms with van der Waals surface area (Å²) in [6, 6.07) is 17.4. The molecule has 0 bridgehead atoms. The van der Waals surface area contributed by atoms with Gasteiger partial charge in [0.15, 0.2) is 0 Å². The van der Waals surface area contributed by atoms with Crippen LogP contribution < -0.4 is 15.4 Å². The Balaban J connectivity index is 0.00000289. The molecule has 0 spiro atoms. The molecule has 0 amide bonds. The van der Waals surface area contributed by atoms with Gasteiger partial charge in [-0.25, -0.2) is 4.39 Å². The van der Waals surface area contributed by atoms with Gasteiger partial charge in [0.2, 0.25) is 0 Å². The molecule has 3 aromatic carbocycles. The maximum Gasteiger partial charge on any atom is 0.307 e. The summed E-state index contributed by atoms with van der Waals surface area (Å²) in [6.45, 7) is 8.80. The topological polar surface area (TPSA) is 111 Å². The molecular weight excluding hydrogens is 704 g/mol. The van der Waals surface area contributed by atoms with Gasteiger partial charge in [-0.2, -0.15) is 0 Å². The van der Waals surface area contributed by atoms with Gasteiger partial charge in [0, 0.05) is 25.7 Å². The van der Waals surface area contributed by atoms with E-state index in [1.54, 1.807) is 0 Å². The maximum absolute atomic E-state index is 14.6. The molecule has 50 heavy (non-hydrogen) atoms. The summed E-state index contributed by atoms with van der Waals surface area (Å²) < 4.78 is 19.9. The number of carbonyl (C=O) groups is 2. The summed E-state index contributed by atoms with van der Waals surface area (Å²) in [6.07, 6.45) is 2.67. The number of aryl methyl sites for hydroxylation is 2. The van der Waals surface area contributed by atoms with Gasteiger partial charge < -0.3 is 25.6 Å². The number of aliphatic carboxylic acids is 2. The Kier molecular flexibility index (Phi) is 17.5. The molecule has 3 aromatic rings. The summed E-state index contributed by atoms with van der Waals surface area (Å²) in [5.41, 5.74) is 7.04. The van der Waals surface area contributed by atoms with E-state index in [2.05, 4.69) is 51.9 Å². The summed E-state index contributed by atoms with van der Waals surface area (Å²) >= 11 is 0. The van der Waals surface area contributed by atoms with E-state index in [9.17, 15) is 24.2 Å². The molecule has 2 heterocycles. The van der Waals surface area contributed by atoms with Crippen molar-refractivity contribution in [3.8, 4) is 5.75 Å². The first-order chi connectivity index (χ1) is 22.6. The summed E-state index contributed by atoms with van der Waals surface area (Å²) in [4.78, 5) is 26.7. The van der Waals surface area contributed by atoms with Crippen molar-refractivity contribution in [1.82, 2.24) is 15.5 Å². The monoisotopic (exact) mass is 753 g/mol. The molecule has 0 aliphatic carbocycles. The quantitative estimate of drug-likeness (QED) is 0.137. The van der Waals surface area contributed by atoms with Crippen LogP contribution in [0.5, 0.6) is 5.75 Å². The van der Waals surface area contributed by atoms with Crippen molar-refractivity contribution in [3.63, 3.8) is 0 Å². The van der Waals surface area contributed by atoms with Gasteiger partial charge in [0.25, 0.3) is 0 Å². The van der Waals surface area contributed by atoms with Crippen LogP contribution in [-0.2, 0) is 42.1 Å². The van der Waals surface area contributed by atoms with Gasteiger partial charge in [-0.05, 0) is 117 Å². The van der Waals surface area contributed by atoms with Crippen LogP contribution in [0.3, 0.4) is 0 Å². The number of nitrogens with zero attached hydrogens (tertiary/aromatic N) is 1. The number of ether oxygens (including phenoxy) is 1. The molecule has 0 saturated carbocycles.